The van der Waals surface area contributed by atoms with Crippen molar-refractivity contribution in [2.45, 2.75) is 32.4 Å². The average molecular weight is 409 g/mol. The van der Waals surface area contributed by atoms with Gasteiger partial charge in [-0.3, -0.25) is 0 Å². The molecule has 0 saturated heterocycles. The number of carbonyl (C=O) groups is 2. The van der Waals surface area contributed by atoms with E-state index in [0.29, 0.717) is 18.7 Å². The summed E-state index contributed by atoms with van der Waals surface area (Å²) in [5.74, 6) is -1.23. The number of nitrogens with zero attached hydrogens (tertiary/aromatic N) is 2. The summed E-state index contributed by atoms with van der Waals surface area (Å²) in [6.07, 6.45) is 2.07. The molecular weight excluding hydrogens is 387 g/mol. The van der Waals surface area contributed by atoms with E-state index < -0.39 is 29.9 Å². The van der Waals surface area contributed by atoms with E-state index >= 15 is 0 Å². The molecule has 1 aliphatic heterocycles. The SMILES string of the molecule is COC(=O)[C@H](NC(=O)N1CCc2[nH]cnc2[C@H]1c1ccc(Cl)cc1F)C(C)C. The van der Waals surface area contributed by atoms with Gasteiger partial charge in [0.15, 0.2) is 0 Å². The van der Waals surface area contributed by atoms with Crippen molar-refractivity contribution >= 4 is 23.6 Å². The quantitative estimate of drug-likeness (QED) is 0.761. The Kier molecular flexibility index (Phi) is 5.88. The number of ether oxygens (including phenoxy) is 1. The first-order valence-electron chi connectivity index (χ1n) is 8.95. The minimum Gasteiger partial charge on any atom is -0.467 e. The number of esters is 1. The van der Waals surface area contributed by atoms with Gasteiger partial charge in [-0.15, -0.1) is 0 Å². The summed E-state index contributed by atoms with van der Waals surface area (Å²) in [6, 6.07) is 2.29. The number of methoxy groups -OCH3 is 1. The second kappa shape index (κ2) is 8.18. The maximum absolute atomic E-state index is 14.7. The summed E-state index contributed by atoms with van der Waals surface area (Å²) in [4.78, 5) is 33.9. The van der Waals surface area contributed by atoms with Crippen molar-refractivity contribution in [2.24, 2.45) is 5.92 Å². The van der Waals surface area contributed by atoms with E-state index in [1.165, 1.54) is 24.4 Å². The second-order valence-electron chi connectivity index (χ2n) is 6.97. The third kappa shape index (κ3) is 3.82. The van der Waals surface area contributed by atoms with Crippen molar-refractivity contribution < 1.29 is 18.7 Å². The standard InChI is InChI=1S/C19H22ClFN4O3/c1-10(2)15(18(26)28-3)24-19(27)25-7-6-14-16(23-9-22-14)17(25)12-5-4-11(20)8-13(12)21/h4-5,8-10,15,17H,6-7H2,1-3H3,(H,22,23)(H,24,27)/t15-,17-/m1/s1. The summed E-state index contributed by atoms with van der Waals surface area (Å²) >= 11 is 5.88. The van der Waals surface area contributed by atoms with E-state index in [9.17, 15) is 14.0 Å². The van der Waals surface area contributed by atoms with Gasteiger partial charge in [0.1, 0.15) is 17.9 Å². The van der Waals surface area contributed by atoms with Crippen LogP contribution in [0.3, 0.4) is 0 Å². The van der Waals surface area contributed by atoms with Crippen molar-refractivity contribution in [3.05, 3.63) is 52.3 Å². The number of H-pyrrole nitrogens is 1. The molecule has 2 aromatic rings. The molecule has 2 heterocycles. The van der Waals surface area contributed by atoms with Crippen LogP contribution in [0.25, 0.3) is 0 Å². The maximum Gasteiger partial charge on any atom is 0.328 e. The number of aromatic amines is 1. The van der Waals surface area contributed by atoms with Crippen molar-refractivity contribution in [3.8, 4) is 0 Å². The van der Waals surface area contributed by atoms with Gasteiger partial charge < -0.3 is 19.9 Å². The number of urea groups is 1. The van der Waals surface area contributed by atoms with E-state index in [-0.39, 0.29) is 16.5 Å². The minimum atomic E-state index is -0.811. The third-order valence-corrected chi connectivity index (χ3v) is 5.08. The third-order valence-electron chi connectivity index (χ3n) is 4.84. The van der Waals surface area contributed by atoms with Crippen LogP contribution in [0.2, 0.25) is 5.02 Å². The molecule has 0 bridgehead atoms. The van der Waals surface area contributed by atoms with Gasteiger partial charge in [-0.05, 0) is 18.1 Å². The van der Waals surface area contributed by atoms with Gasteiger partial charge in [0.25, 0.3) is 0 Å². The van der Waals surface area contributed by atoms with Crippen LogP contribution in [0.1, 0.15) is 36.8 Å². The van der Waals surface area contributed by atoms with E-state index in [0.717, 1.165) is 5.69 Å². The highest BCUT2D eigenvalue weighted by atomic mass is 35.5. The molecular formula is C19H22ClFN4O3. The van der Waals surface area contributed by atoms with E-state index in [1.807, 2.05) is 0 Å². The van der Waals surface area contributed by atoms with Crippen LogP contribution in [0, 0.1) is 11.7 Å². The van der Waals surface area contributed by atoms with Crippen LogP contribution in [-0.2, 0) is 16.0 Å². The summed E-state index contributed by atoms with van der Waals surface area (Å²) < 4.78 is 19.5. The van der Waals surface area contributed by atoms with Gasteiger partial charge in [-0.1, -0.05) is 31.5 Å². The van der Waals surface area contributed by atoms with Crippen LogP contribution in [0.15, 0.2) is 24.5 Å². The number of fused-ring (bicyclic) bond motifs is 1. The average Bonchev–Trinajstić information content (AvgIpc) is 3.13. The van der Waals surface area contributed by atoms with Gasteiger partial charge in [-0.2, -0.15) is 0 Å². The molecule has 0 aliphatic carbocycles. The number of rotatable bonds is 4. The van der Waals surface area contributed by atoms with Crippen molar-refractivity contribution in [3.63, 3.8) is 0 Å². The number of imidazole rings is 1. The molecule has 1 aromatic carbocycles. The van der Waals surface area contributed by atoms with Crippen molar-refractivity contribution in [1.82, 2.24) is 20.2 Å². The predicted octanol–water partition coefficient (Wildman–Crippen LogP) is 3.06. The fourth-order valence-electron chi connectivity index (χ4n) is 3.37. The molecule has 150 valence electrons. The zero-order valence-corrected chi connectivity index (χ0v) is 16.6. The number of benzene rings is 1. The molecule has 0 radical (unpaired) electrons. The van der Waals surface area contributed by atoms with Crippen LogP contribution in [-0.4, -0.2) is 46.6 Å². The molecule has 2 N–H and O–H groups in total. The second-order valence-corrected chi connectivity index (χ2v) is 7.41. The number of aromatic nitrogens is 2. The lowest BCUT2D eigenvalue weighted by Crippen LogP contribution is -2.53. The first-order chi connectivity index (χ1) is 13.3. The smallest absolute Gasteiger partial charge is 0.328 e. The molecule has 28 heavy (non-hydrogen) atoms. The highest BCUT2D eigenvalue weighted by molar-refractivity contribution is 6.30. The van der Waals surface area contributed by atoms with Crippen molar-refractivity contribution in [1.29, 1.82) is 0 Å². The monoisotopic (exact) mass is 408 g/mol. The van der Waals surface area contributed by atoms with E-state index in [4.69, 9.17) is 16.3 Å². The summed E-state index contributed by atoms with van der Waals surface area (Å²) in [5.41, 5.74) is 1.70. The fourth-order valence-corrected chi connectivity index (χ4v) is 3.53. The summed E-state index contributed by atoms with van der Waals surface area (Å²) in [5, 5.41) is 2.98. The lowest BCUT2D eigenvalue weighted by molar-refractivity contribution is -0.144. The largest absolute Gasteiger partial charge is 0.467 e. The number of carbonyl (C=O) groups excluding carboxylic acids is 2. The molecule has 0 unspecified atom stereocenters. The lowest BCUT2D eigenvalue weighted by atomic mass is 9.95. The summed E-state index contributed by atoms with van der Waals surface area (Å²) in [7, 11) is 1.27. The molecule has 2 amide bonds. The van der Waals surface area contributed by atoms with Crippen LogP contribution >= 0.6 is 11.6 Å². The van der Waals surface area contributed by atoms with Gasteiger partial charge in [0, 0.05) is 29.2 Å². The Bertz CT molecular complexity index is 886. The molecule has 9 heteroatoms. The fraction of sp³-hybridized carbons (Fsp3) is 0.421. The Morgan fingerprint density at radius 1 is 1.43 bits per heavy atom. The van der Waals surface area contributed by atoms with Crippen LogP contribution in [0.5, 0.6) is 0 Å². The van der Waals surface area contributed by atoms with Gasteiger partial charge in [0.05, 0.1) is 19.1 Å². The Morgan fingerprint density at radius 2 is 2.18 bits per heavy atom. The van der Waals surface area contributed by atoms with Gasteiger partial charge >= 0.3 is 12.0 Å². The first kappa shape index (κ1) is 20.1. The number of hydrogen-bond acceptors (Lipinski definition) is 4. The highest BCUT2D eigenvalue weighted by Crippen LogP contribution is 2.35. The lowest BCUT2D eigenvalue weighted by Gasteiger charge is -2.36. The van der Waals surface area contributed by atoms with Crippen LogP contribution in [0.4, 0.5) is 9.18 Å². The molecule has 2 atom stereocenters. The molecule has 0 fully saturated rings. The number of amides is 2. The zero-order valence-electron chi connectivity index (χ0n) is 15.8. The molecule has 0 saturated carbocycles. The van der Waals surface area contributed by atoms with Gasteiger partial charge in [0.2, 0.25) is 0 Å². The Morgan fingerprint density at radius 3 is 2.82 bits per heavy atom. The first-order valence-corrected chi connectivity index (χ1v) is 9.33. The van der Waals surface area contributed by atoms with Gasteiger partial charge in [-0.25, -0.2) is 19.0 Å². The Hall–Kier alpha value is -2.61. The predicted molar refractivity (Wildman–Crippen MR) is 101 cm³/mol. The molecule has 1 aliphatic rings. The Balaban J connectivity index is 1.96. The molecule has 0 spiro atoms. The number of halogens is 2. The number of nitrogens with one attached hydrogen (secondary N) is 2. The maximum atomic E-state index is 14.7. The normalized spacial score (nSPS) is 17.2. The topological polar surface area (TPSA) is 87.3 Å². The van der Waals surface area contributed by atoms with Crippen molar-refractivity contribution in [2.75, 3.05) is 13.7 Å². The molecule has 7 nitrogen and oxygen atoms in total. The summed E-state index contributed by atoms with van der Waals surface area (Å²) in [6.45, 7) is 3.94. The highest BCUT2D eigenvalue weighted by Gasteiger charge is 2.37. The minimum absolute atomic E-state index is 0.173. The van der Waals surface area contributed by atoms with E-state index in [2.05, 4.69) is 15.3 Å². The molecule has 3 rings (SSSR count). The number of hydrogen-bond donors (Lipinski definition) is 2. The van der Waals surface area contributed by atoms with Crippen LogP contribution < -0.4 is 5.32 Å². The van der Waals surface area contributed by atoms with E-state index in [1.54, 1.807) is 26.0 Å². The zero-order chi connectivity index (χ0) is 20.4. The Labute approximate surface area is 167 Å². The molecule has 1 aromatic heterocycles.